The van der Waals surface area contributed by atoms with Crippen LogP contribution in [-0.4, -0.2) is 20.4 Å². The van der Waals surface area contributed by atoms with E-state index in [-0.39, 0.29) is 32.8 Å². The Morgan fingerprint density at radius 1 is 1.62 bits per heavy atom. The van der Waals surface area contributed by atoms with Crippen molar-refractivity contribution in [2.45, 2.75) is 5.05 Å². The molecule has 0 radical (unpaired) electrons. The van der Waals surface area contributed by atoms with E-state index in [4.69, 9.17) is 0 Å². The molecule has 0 amide bonds. The summed E-state index contributed by atoms with van der Waals surface area (Å²) in [5.74, 6) is 0. The van der Waals surface area contributed by atoms with E-state index < -0.39 is 0 Å². The monoisotopic (exact) mass is 158 g/mol. The van der Waals surface area contributed by atoms with Gasteiger partial charge >= 0.3 is 20.4 Å². The molecule has 0 aliphatic carbocycles. The number of rotatable bonds is 1. The molecule has 1 rings (SSSR count). The van der Waals surface area contributed by atoms with Gasteiger partial charge in [-0.3, -0.25) is 0 Å². The molecule has 1 heterocycles. The molecule has 0 saturated heterocycles. The maximum absolute atomic E-state index is 2.31. The molecule has 0 nitrogen and oxygen atoms in total. The molecule has 0 unspecified atom stereocenters. The SMILES string of the molecule is Cl.[CH3][Mg][c]1cccs1. The van der Waals surface area contributed by atoms with Crippen molar-refractivity contribution in [3.05, 3.63) is 17.5 Å². The molecule has 0 bridgehead atoms. The van der Waals surface area contributed by atoms with Gasteiger partial charge in [0.05, 0.1) is 0 Å². The zero-order valence-corrected chi connectivity index (χ0v) is 7.80. The molecule has 0 atom stereocenters. The van der Waals surface area contributed by atoms with Gasteiger partial charge in [-0.2, -0.15) is 11.3 Å². The Morgan fingerprint density at radius 2 is 2.38 bits per heavy atom. The smallest absolute Gasteiger partial charge is 0.182 e. The molecule has 0 aliphatic rings. The highest BCUT2D eigenvalue weighted by Gasteiger charge is 1.88. The van der Waals surface area contributed by atoms with Crippen LogP contribution in [0, 0.1) is 0 Å². The Labute approximate surface area is 69.4 Å². The quantitative estimate of drug-likeness (QED) is 0.545. The van der Waals surface area contributed by atoms with Crippen molar-refractivity contribution in [3.63, 3.8) is 0 Å². The minimum absolute atomic E-state index is 0. The van der Waals surface area contributed by atoms with Crippen molar-refractivity contribution in [1.29, 1.82) is 0 Å². The van der Waals surface area contributed by atoms with E-state index in [0.717, 1.165) is 0 Å². The third-order valence-electron chi connectivity index (χ3n) is 0.929. The van der Waals surface area contributed by atoms with Crippen LogP contribution in [0.4, 0.5) is 0 Å². The average Bonchev–Trinajstić information content (AvgIpc) is 2.14. The van der Waals surface area contributed by atoms with Crippen LogP contribution in [-0.2, 0) is 0 Å². The van der Waals surface area contributed by atoms with Crippen LogP contribution in [0.1, 0.15) is 0 Å². The summed E-state index contributed by atoms with van der Waals surface area (Å²) in [6.45, 7) is 0. The van der Waals surface area contributed by atoms with Crippen LogP contribution in [0.3, 0.4) is 0 Å². The molecule has 8 heavy (non-hydrogen) atoms. The lowest BCUT2D eigenvalue weighted by atomic mass is 10.7. The fraction of sp³-hybridized carbons (Fsp3) is 0.200. The number of thiophene rings is 1. The predicted molar refractivity (Wildman–Crippen MR) is 42.8 cm³/mol. The molecule has 0 fully saturated rings. The van der Waals surface area contributed by atoms with Gasteiger partial charge in [-0.25, -0.2) is 0 Å². The molecular formula is C5H7ClMgS. The van der Waals surface area contributed by atoms with Crippen molar-refractivity contribution < 1.29 is 0 Å². The first-order valence-electron chi connectivity index (χ1n) is 2.46. The molecule has 42 valence electrons. The molecule has 0 saturated carbocycles. The van der Waals surface area contributed by atoms with Crippen LogP contribution < -0.4 is 3.01 Å². The van der Waals surface area contributed by atoms with Gasteiger partial charge in [-0.15, -0.1) is 20.5 Å². The second-order valence-corrected chi connectivity index (χ2v) is 4.45. The second kappa shape index (κ2) is 4.62. The van der Waals surface area contributed by atoms with Gasteiger partial charge in [-0.05, 0) is 5.38 Å². The fourth-order valence-corrected chi connectivity index (χ4v) is 2.33. The van der Waals surface area contributed by atoms with Crippen molar-refractivity contribution in [1.82, 2.24) is 0 Å². The van der Waals surface area contributed by atoms with Gasteiger partial charge in [0.15, 0.2) is 0 Å². The topological polar surface area (TPSA) is 0 Å². The summed E-state index contributed by atoms with van der Waals surface area (Å²) in [6.07, 6.45) is 0. The summed E-state index contributed by atoms with van der Waals surface area (Å²) in [5, 5.41) is 4.46. The van der Waals surface area contributed by atoms with E-state index in [0.29, 0.717) is 0 Å². The minimum Gasteiger partial charge on any atom is -0.182 e. The third-order valence-corrected chi connectivity index (χ3v) is 3.96. The summed E-state index contributed by atoms with van der Waals surface area (Å²) < 4.78 is 1.61. The van der Waals surface area contributed by atoms with Gasteiger partial charge in [0.1, 0.15) is 0 Å². The third kappa shape index (κ3) is 2.35. The van der Waals surface area contributed by atoms with Crippen LogP contribution in [0.5, 0.6) is 0 Å². The summed E-state index contributed by atoms with van der Waals surface area (Å²) >= 11 is 2.04. The van der Waals surface area contributed by atoms with E-state index in [1.54, 1.807) is 3.01 Å². The zero-order chi connectivity index (χ0) is 5.11. The number of halogens is 1. The van der Waals surface area contributed by atoms with E-state index in [1.165, 1.54) is 0 Å². The predicted octanol–water partition coefficient (Wildman–Crippen LogP) is 1.55. The molecule has 0 aromatic carbocycles. The number of hydrogen-bond acceptors (Lipinski definition) is 1. The van der Waals surface area contributed by atoms with Gasteiger partial charge in [0.25, 0.3) is 0 Å². The molecule has 0 spiro atoms. The maximum atomic E-state index is 2.31. The van der Waals surface area contributed by atoms with Crippen molar-refractivity contribution in [3.8, 4) is 0 Å². The Morgan fingerprint density at radius 3 is 2.62 bits per heavy atom. The molecule has 0 aliphatic heterocycles. The molecule has 1 aromatic rings. The Bertz CT molecular complexity index is 127. The summed E-state index contributed by atoms with van der Waals surface area (Å²) in [4.78, 5) is 0. The zero-order valence-electron chi connectivity index (χ0n) is 4.76. The second-order valence-electron chi connectivity index (χ2n) is 1.43. The minimum atomic E-state index is 0. The van der Waals surface area contributed by atoms with Crippen molar-refractivity contribution in [2.75, 3.05) is 0 Å². The molecule has 1 aromatic heterocycles. The molecule has 3 heteroatoms. The molecular weight excluding hydrogens is 152 g/mol. The van der Waals surface area contributed by atoms with E-state index in [9.17, 15) is 0 Å². The highest BCUT2D eigenvalue weighted by atomic mass is 35.5. The summed E-state index contributed by atoms with van der Waals surface area (Å²) in [5.41, 5.74) is 0. The van der Waals surface area contributed by atoms with E-state index in [1.807, 2.05) is 11.3 Å². The lowest BCUT2D eigenvalue weighted by molar-refractivity contribution is 2.06. The van der Waals surface area contributed by atoms with Gasteiger partial charge in [-0.1, -0.05) is 12.1 Å². The first-order chi connectivity index (χ1) is 3.43. The van der Waals surface area contributed by atoms with Crippen molar-refractivity contribution >= 4 is 47.1 Å². The largest absolute Gasteiger partial charge is 0.421 e. The Hall–Kier alpha value is 0.756. The Kier molecular flexibility index (Phi) is 5.05. The van der Waals surface area contributed by atoms with Gasteiger partial charge < -0.3 is 0 Å². The van der Waals surface area contributed by atoms with Gasteiger partial charge in [0, 0.05) is 0 Å². The first-order valence-corrected chi connectivity index (χ1v) is 5.46. The average molecular weight is 159 g/mol. The van der Waals surface area contributed by atoms with Crippen LogP contribution in [0.25, 0.3) is 0 Å². The fourth-order valence-electron chi connectivity index (χ4n) is 0.514. The normalized spacial score (nSPS) is 7.12. The summed E-state index contributed by atoms with van der Waals surface area (Å²) in [7, 11) is 0. The van der Waals surface area contributed by atoms with Crippen LogP contribution in [0.15, 0.2) is 17.5 Å². The lowest BCUT2D eigenvalue weighted by Gasteiger charge is -1.75. The highest BCUT2D eigenvalue weighted by molar-refractivity contribution is 7.19. The van der Waals surface area contributed by atoms with Crippen molar-refractivity contribution in [2.24, 2.45) is 0 Å². The van der Waals surface area contributed by atoms with Crippen LogP contribution in [0.2, 0.25) is 5.05 Å². The van der Waals surface area contributed by atoms with E-state index >= 15 is 0 Å². The number of hydrogen-bond donors (Lipinski definition) is 0. The highest BCUT2D eigenvalue weighted by Crippen LogP contribution is 1.89. The maximum Gasteiger partial charge on any atom is 0.421 e. The Balaban J connectivity index is 0.000000490. The van der Waals surface area contributed by atoms with Crippen LogP contribution >= 0.6 is 23.7 Å². The molecule has 0 N–H and O–H groups in total. The van der Waals surface area contributed by atoms with E-state index in [2.05, 4.69) is 22.6 Å². The standard InChI is InChI=1S/C4H3S.CH3.ClH.Mg/c1-2-4-5-3-1;;;/h1-3H;1H3;1H;. The first kappa shape index (κ1) is 8.76. The van der Waals surface area contributed by atoms with Gasteiger partial charge in [0.2, 0.25) is 0 Å². The lowest BCUT2D eigenvalue weighted by Crippen LogP contribution is -2.01. The summed E-state index contributed by atoms with van der Waals surface area (Å²) in [6, 6.07) is 4.34.